The van der Waals surface area contributed by atoms with E-state index in [4.69, 9.17) is 11.6 Å². The quantitative estimate of drug-likeness (QED) is 0.260. The molecule has 11 nitrogen and oxygen atoms in total. The number of pyridine rings is 1. The third-order valence-corrected chi connectivity index (χ3v) is 9.91. The summed E-state index contributed by atoms with van der Waals surface area (Å²) < 4.78 is 29.7. The van der Waals surface area contributed by atoms with E-state index >= 15 is 0 Å². The molecule has 1 amide bonds. The van der Waals surface area contributed by atoms with Crippen molar-refractivity contribution in [3.8, 4) is 0 Å². The van der Waals surface area contributed by atoms with Crippen LogP contribution in [0.2, 0.25) is 5.02 Å². The van der Waals surface area contributed by atoms with Gasteiger partial charge in [-0.2, -0.15) is 4.31 Å². The standard InChI is InChI=1S/C25H23ClN8O3S2.HI/c1-15-10-21-22(13-27-15)38-24(28-21)25(35)34-9-8-33(14-19(34)5-7-23-29-31-32-30-23)39(36,37)20-6-3-16-11-18(26)4-2-17(16)12-20;/h2-4,6,10-13,19H,5,7-9,14H2,1H3,(H,29,30,31,32);1H. The van der Waals surface area contributed by atoms with E-state index in [0.29, 0.717) is 28.7 Å². The Labute approximate surface area is 256 Å². The third-order valence-electron chi connectivity index (χ3n) is 6.82. The van der Waals surface area contributed by atoms with E-state index in [9.17, 15) is 13.2 Å². The molecule has 5 aromatic rings. The average Bonchev–Trinajstić information content (AvgIpc) is 3.61. The molecule has 15 heteroatoms. The molecule has 40 heavy (non-hydrogen) atoms. The maximum atomic E-state index is 13.7. The number of thiazole rings is 1. The largest absolute Gasteiger partial charge is 0.331 e. The van der Waals surface area contributed by atoms with Crippen LogP contribution in [0.4, 0.5) is 0 Å². The van der Waals surface area contributed by atoms with Gasteiger partial charge in [0.2, 0.25) is 10.0 Å². The lowest BCUT2D eigenvalue weighted by Crippen LogP contribution is -2.56. The SMILES string of the molecule is Cc1cc2nc(C(=O)N3CCN(S(=O)(=O)c4ccc5cc(Cl)ccc5c4)CC3CCc3nnn[nH]3)sc2cn1.I. The van der Waals surface area contributed by atoms with Crippen molar-refractivity contribution >= 4 is 83.8 Å². The molecule has 0 aliphatic carbocycles. The summed E-state index contributed by atoms with van der Waals surface area (Å²) in [6.07, 6.45) is 2.64. The fourth-order valence-corrected chi connectivity index (χ4v) is 7.36. The number of amides is 1. The van der Waals surface area contributed by atoms with Gasteiger partial charge in [0.05, 0.1) is 15.1 Å². The molecule has 1 aliphatic heterocycles. The highest BCUT2D eigenvalue weighted by Gasteiger charge is 2.37. The first-order valence-electron chi connectivity index (χ1n) is 12.2. The van der Waals surface area contributed by atoms with E-state index in [1.165, 1.54) is 15.6 Å². The van der Waals surface area contributed by atoms with Gasteiger partial charge in [-0.1, -0.05) is 23.7 Å². The number of nitrogens with zero attached hydrogens (tertiary/aromatic N) is 7. The Bertz CT molecular complexity index is 1800. The zero-order valence-corrected chi connectivity index (χ0v) is 25.9. The molecule has 4 heterocycles. The van der Waals surface area contributed by atoms with Gasteiger partial charge in [-0.25, -0.2) is 18.5 Å². The number of sulfonamides is 1. The van der Waals surface area contributed by atoms with Crippen LogP contribution < -0.4 is 0 Å². The number of aryl methyl sites for hydroxylation is 2. The number of aromatic amines is 1. The van der Waals surface area contributed by atoms with Gasteiger partial charge in [-0.3, -0.25) is 9.78 Å². The average molecular weight is 711 g/mol. The van der Waals surface area contributed by atoms with Crippen molar-refractivity contribution in [2.24, 2.45) is 0 Å². The van der Waals surface area contributed by atoms with Gasteiger partial charge in [0.1, 0.15) is 5.82 Å². The van der Waals surface area contributed by atoms with E-state index < -0.39 is 16.1 Å². The number of fused-ring (bicyclic) bond motifs is 2. The van der Waals surface area contributed by atoms with Crippen LogP contribution >= 0.6 is 46.9 Å². The Morgan fingerprint density at radius 2 is 1.95 bits per heavy atom. The van der Waals surface area contributed by atoms with Crippen LogP contribution in [0.3, 0.4) is 0 Å². The number of piperazine rings is 1. The van der Waals surface area contributed by atoms with Crippen LogP contribution in [0.15, 0.2) is 53.6 Å². The number of tetrazole rings is 1. The number of hydrogen-bond acceptors (Lipinski definition) is 9. The van der Waals surface area contributed by atoms with Gasteiger partial charge in [-0.05, 0) is 64.9 Å². The molecular weight excluding hydrogens is 687 g/mol. The second-order valence-corrected chi connectivity index (χ2v) is 12.8. The molecule has 1 saturated heterocycles. The fraction of sp³-hybridized carbons (Fsp3) is 0.280. The molecule has 208 valence electrons. The van der Waals surface area contributed by atoms with Crippen LogP contribution in [0, 0.1) is 6.92 Å². The first-order valence-corrected chi connectivity index (χ1v) is 14.9. The van der Waals surface area contributed by atoms with Gasteiger partial charge >= 0.3 is 0 Å². The minimum atomic E-state index is -3.81. The molecule has 1 atom stereocenters. The number of H-pyrrole nitrogens is 1. The lowest BCUT2D eigenvalue weighted by atomic mass is 10.1. The Kier molecular flexibility index (Phi) is 8.33. The number of benzene rings is 2. The molecule has 0 spiro atoms. The lowest BCUT2D eigenvalue weighted by Gasteiger charge is -2.40. The number of hydrogen-bond donors (Lipinski definition) is 1. The zero-order chi connectivity index (χ0) is 27.1. The highest BCUT2D eigenvalue weighted by Crippen LogP contribution is 2.29. The van der Waals surface area contributed by atoms with Gasteiger partial charge in [0.15, 0.2) is 5.01 Å². The first-order chi connectivity index (χ1) is 18.8. The number of carbonyl (C=O) groups excluding carboxylic acids is 1. The van der Waals surface area contributed by atoms with Crippen LogP contribution in [0.1, 0.15) is 27.7 Å². The molecule has 3 aromatic heterocycles. The van der Waals surface area contributed by atoms with Gasteiger partial charge in [-0.15, -0.1) is 40.4 Å². The minimum absolute atomic E-state index is 0. The summed E-state index contributed by atoms with van der Waals surface area (Å²) in [5, 5.41) is 16.5. The first kappa shape index (κ1) is 28.7. The summed E-state index contributed by atoms with van der Waals surface area (Å²) in [5.41, 5.74) is 1.54. The van der Waals surface area contributed by atoms with Gasteiger partial charge in [0.25, 0.3) is 5.91 Å². The monoisotopic (exact) mass is 710 g/mol. The predicted octanol–water partition coefficient (Wildman–Crippen LogP) is 4.09. The van der Waals surface area contributed by atoms with Crippen molar-refractivity contribution in [3.05, 3.63) is 70.2 Å². The summed E-state index contributed by atoms with van der Waals surface area (Å²) in [4.78, 5) is 24.4. The molecule has 2 aromatic carbocycles. The van der Waals surface area contributed by atoms with Crippen LogP contribution in [-0.2, 0) is 16.4 Å². The number of carbonyl (C=O) groups is 1. The van der Waals surface area contributed by atoms with Crippen molar-refractivity contribution in [2.45, 2.75) is 30.7 Å². The predicted molar refractivity (Wildman–Crippen MR) is 163 cm³/mol. The Morgan fingerprint density at radius 3 is 2.75 bits per heavy atom. The number of rotatable bonds is 6. The van der Waals surface area contributed by atoms with Crippen molar-refractivity contribution in [1.29, 1.82) is 0 Å². The highest BCUT2D eigenvalue weighted by atomic mass is 127. The van der Waals surface area contributed by atoms with E-state index in [-0.39, 0.29) is 54.4 Å². The Balaban J connectivity index is 0.00000323. The fourth-order valence-electron chi connectivity index (χ4n) is 4.80. The molecule has 1 fully saturated rings. The summed E-state index contributed by atoms with van der Waals surface area (Å²) >= 11 is 7.37. The maximum absolute atomic E-state index is 13.7. The molecule has 0 saturated carbocycles. The van der Waals surface area contributed by atoms with Crippen molar-refractivity contribution in [3.63, 3.8) is 0 Å². The second kappa shape index (κ2) is 11.6. The Hall–Kier alpha value is -2.79. The molecule has 0 bridgehead atoms. The highest BCUT2D eigenvalue weighted by molar-refractivity contribution is 14.0. The third kappa shape index (κ3) is 5.68. The molecule has 6 rings (SSSR count). The summed E-state index contributed by atoms with van der Waals surface area (Å²) in [6, 6.07) is 11.8. The van der Waals surface area contributed by atoms with Crippen molar-refractivity contribution in [2.75, 3.05) is 19.6 Å². The lowest BCUT2D eigenvalue weighted by molar-refractivity contribution is 0.0550. The molecular formula is C25H24ClIN8O3S2. The van der Waals surface area contributed by atoms with Gasteiger partial charge < -0.3 is 4.90 Å². The van der Waals surface area contributed by atoms with E-state index in [2.05, 4.69) is 30.6 Å². The van der Waals surface area contributed by atoms with Crippen LogP contribution in [0.5, 0.6) is 0 Å². The maximum Gasteiger partial charge on any atom is 0.283 e. The number of aromatic nitrogens is 6. The Morgan fingerprint density at radius 1 is 1.15 bits per heavy atom. The number of nitrogens with one attached hydrogen (secondary N) is 1. The van der Waals surface area contributed by atoms with Crippen LogP contribution in [0.25, 0.3) is 21.0 Å². The van der Waals surface area contributed by atoms with E-state index in [0.717, 1.165) is 26.7 Å². The van der Waals surface area contributed by atoms with Gasteiger partial charge in [0, 0.05) is 49.0 Å². The molecule has 0 radical (unpaired) electrons. The normalized spacial score (nSPS) is 16.4. The van der Waals surface area contributed by atoms with Crippen molar-refractivity contribution in [1.82, 2.24) is 39.8 Å². The van der Waals surface area contributed by atoms with E-state index in [1.807, 2.05) is 13.0 Å². The molecule has 1 N–H and O–H groups in total. The molecule has 1 aliphatic rings. The topological polar surface area (TPSA) is 138 Å². The van der Waals surface area contributed by atoms with Crippen molar-refractivity contribution < 1.29 is 13.2 Å². The smallest absolute Gasteiger partial charge is 0.283 e. The zero-order valence-electron chi connectivity index (χ0n) is 21.2. The van der Waals surface area contributed by atoms with Crippen LogP contribution in [-0.4, -0.2) is 79.8 Å². The number of halogens is 2. The summed E-state index contributed by atoms with van der Waals surface area (Å²) in [7, 11) is -3.81. The van der Waals surface area contributed by atoms with E-state index in [1.54, 1.807) is 47.5 Å². The summed E-state index contributed by atoms with van der Waals surface area (Å²) in [5.74, 6) is 0.339. The second-order valence-electron chi connectivity index (χ2n) is 9.37. The summed E-state index contributed by atoms with van der Waals surface area (Å²) in [6.45, 7) is 2.41. The minimum Gasteiger partial charge on any atom is -0.331 e. The molecule has 1 unspecified atom stereocenters.